The molecule has 1 aromatic rings. The molecule has 0 heterocycles. The Morgan fingerprint density at radius 1 is 1.21 bits per heavy atom. The van der Waals surface area contributed by atoms with Gasteiger partial charge in [0, 0.05) is 0 Å². The summed E-state index contributed by atoms with van der Waals surface area (Å²) in [4.78, 5) is 11.9. The highest BCUT2D eigenvalue weighted by Gasteiger charge is 2.33. The van der Waals surface area contributed by atoms with E-state index in [0.717, 1.165) is 32.1 Å². The number of hydroxylamine groups is 1. The van der Waals surface area contributed by atoms with E-state index in [1.165, 1.54) is 24.7 Å². The Morgan fingerprint density at radius 3 is 2.50 bits per heavy atom. The highest BCUT2D eigenvalue weighted by Crippen LogP contribution is 2.24. The molecule has 136 valence electrons. The van der Waals surface area contributed by atoms with Gasteiger partial charge < -0.3 is 4.74 Å². The van der Waals surface area contributed by atoms with E-state index in [1.54, 1.807) is 12.1 Å². The van der Waals surface area contributed by atoms with Crippen LogP contribution in [-0.2, 0) is 14.6 Å². The number of carbonyl (C=O) groups excluding carboxylic acids is 1. The highest BCUT2D eigenvalue weighted by atomic mass is 32.2. The zero-order chi connectivity index (χ0) is 18.0. The van der Waals surface area contributed by atoms with Crippen LogP contribution in [0.15, 0.2) is 29.2 Å². The first-order chi connectivity index (χ1) is 11.5. The number of carbonyl (C=O) groups is 1. The third-order valence-electron chi connectivity index (χ3n) is 3.97. The fourth-order valence-electron chi connectivity index (χ4n) is 2.55. The molecule has 0 bridgehead atoms. The number of methoxy groups -OCH3 is 1. The maximum absolute atomic E-state index is 12.7. The lowest BCUT2D eigenvalue weighted by Crippen LogP contribution is -2.38. The molecule has 0 saturated heterocycles. The van der Waals surface area contributed by atoms with E-state index in [-0.39, 0.29) is 11.3 Å². The number of ether oxygens (including phenoxy) is 1. The molecule has 1 unspecified atom stereocenters. The predicted molar refractivity (Wildman–Crippen MR) is 91.9 cm³/mol. The van der Waals surface area contributed by atoms with Gasteiger partial charge in [-0.2, -0.15) is 0 Å². The SMILES string of the molecule is CCCCCCCCC(C(=O)NO)S(=O)(=O)c1cccc(OC)c1. The molecule has 0 radical (unpaired) electrons. The molecule has 1 rings (SSSR count). The van der Waals surface area contributed by atoms with Crippen LogP contribution in [0.25, 0.3) is 0 Å². The number of unbranched alkanes of at least 4 members (excludes halogenated alkanes) is 5. The summed E-state index contributed by atoms with van der Waals surface area (Å²) < 4.78 is 30.5. The van der Waals surface area contributed by atoms with Crippen molar-refractivity contribution in [3.63, 3.8) is 0 Å². The minimum atomic E-state index is -3.89. The first-order valence-corrected chi connectivity index (χ1v) is 9.83. The first kappa shape index (κ1) is 20.4. The summed E-state index contributed by atoms with van der Waals surface area (Å²) in [6.45, 7) is 2.13. The predicted octanol–water partition coefficient (Wildman–Crippen LogP) is 3.09. The van der Waals surface area contributed by atoms with Crippen molar-refractivity contribution in [3.05, 3.63) is 24.3 Å². The number of hydrogen-bond acceptors (Lipinski definition) is 5. The van der Waals surface area contributed by atoms with Crippen LogP contribution < -0.4 is 10.2 Å². The van der Waals surface area contributed by atoms with Gasteiger partial charge in [-0.15, -0.1) is 0 Å². The largest absolute Gasteiger partial charge is 0.497 e. The van der Waals surface area contributed by atoms with Crippen molar-refractivity contribution >= 4 is 15.7 Å². The average molecular weight is 357 g/mol. The van der Waals surface area contributed by atoms with Gasteiger partial charge in [0.15, 0.2) is 9.84 Å². The molecule has 0 aliphatic heterocycles. The second-order valence-corrected chi connectivity index (χ2v) is 7.88. The van der Waals surface area contributed by atoms with Crippen LogP contribution in [0.5, 0.6) is 5.75 Å². The van der Waals surface area contributed by atoms with Crippen LogP contribution in [0.1, 0.15) is 51.9 Å². The van der Waals surface area contributed by atoms with Crippen LogP contribution in [0.2, 0.25) is 0 Å². The van der Waals surface area contributed by atoms with Crippen molar-refractivity contribution < 1.29 is 23.2 Å². The number of benzene rings is 1. The monoisotopic (exact) mass is 357 g/mol. The summed E-state index contributed by atoms with van der Waals surface area (Å²) in [5, 5.41) is 7.60. The van der Waals surface area contributed by atoms with E-state index in [0.29, 0.717) is 12.2 Å². The Bertz CT molecular complexity index is 615. The Labute approximate surface area is 144 Å². The third-order valence-corrected chi connectivity index (χ3v) is 6.08. The molecule has 0 aromatic heterocycles. The summed E-state index contributed by atoms with van der Waals surface area (Å²) in [6, 6.07) is 6.00. The van der Waals surface area contributed by atoms with E-state index in [1.807, 2.05) is 0 Å². The number of rotatable bonds is 11. The normalized spacial score (nSPS) is 12.6. The molecule has 7 heteroatoms. The van der Waals surface area contributed by atoms with Crippen molar-refractivity contribution in [3.8, 4) is 5.75 Å². The molecule has 6 nitrogen and oxygen atoms in total. The van der Waals surface area contributed by atoms with E-state index in [9.17, 15) is 13.2 Å². The van der Waals surface area contributed by atoms with Gasteiger partial charge in [0.05, 0.1) is 12.0 Å². The lowest BCUT2D eigenvalue weighted by Gasteiger charge is -2.16. The molecule has 2 N–H and O–H groups in total. The lowest BCUT2D eigenvalue weighted by molar-refractivity contribution is -0.128. The van der Waals surface area contributed by atoms with Crippen LogP contribution in [0, 0.1) is 0 Å². The average Bonchev–Trinajstić information content (AvgIpc) is 2.60. The standard InChI is InChI=1S/C17H27NO5S/c1-3-4-5-6-7-8-12-16(17(19)18-20)24(21,22)15-11-9-10-14(13-15)23-2/h9-11,13,16,20H,3-8,12H2,1-2H3,(H,18,19). The number of hydrogen-bond donors (Lipinski definition) is 2. The second-order valence-electron chi connectivity index (χ2n) is 5.75. The molecule has 0 fully saturated rings. The van der Waals surface area contributed by atoms with E-state index in [2.05, 4.69) is 6.92 Å². The van der Waals surface area contributed by atoms with Gasteiger partial charge in [-0.25, -0.2) is 13.9 Å². The number of nitrogens with one attached hydrogen (secondary N) is 1. The Hall–Kier alpha value is -1.60. The van der Waals surface area contributed by atoms with Crippen molar-refractivity contribution in [1.29, 1.82) is 0 Å². The van der Waals surface area contributed by atoms with Crippen LogP contribution in [0.4, 0.5) is 0 Å². The maximum atomic E-state index is 12.7. The molecule has 0 aliphatic carbocycles. The molecule has 24 heavy (non-hydrogen) atoms. The first-order valence-electron chi connectivity index (χ1n) is 8.29. The van der Waals surface area contributed by atoms with Crippen LogP contribution in [0.3, 0.4) is 0 Å². The summed E-state index contributed by atoms with van der Waals surface area (Å²) in [5.41, 5.74) is 1.48. The summed E-state index contributed by atoms with van der Waals surface area (Å²) >= 11 is 0. The Morgan fingerprint density at radius 2 is 1.88 bits per heavy atom. The minimum absolute atomic E-state index is 0.0152. The summed E-state index contributed by atoms with van der Waals surface area (Å²) in [6.07, 6.45) is 6.07. The van der Waals surface area contributed by atoms with Gasteiger partial charge in [0.1, 0.15) is 11.0 Å². The van der Waals surface area contributed by atoms with Crippen molar-refractivity contribution in [2.24, 2.45) is 0 Å². The van der Waals surface area contributed by atoms with Crippen molar-refractivity contribution in [2.75, 3.05) is 7.11 Å². The molecular weight excluding hydrogens is 330 g/mol. The van der Waals surface area contributed by atoms with Gasteiger partial charge in [0.2, 0.25) is 0 Å². The zero-order valence-corrected chi connectivity index (χ0v) is 15.1. The Balaban J connectivity index is 2.83. The quantitative estimate of drug-likeness (QED) is 0.361. The molecule has 1 atom stereocenters. The van der Waals surface area contributed by atoms with Crippen molar-refractivity contribution in [1.82, 2.24) is 5.48 Å². The fourth-order valence-corrected chi connectivity index (χ4v) is 4.24. The fraction of sp³-hybridized carbons (Fsp3) is 0.588. The molecule has 1 amide bonds. The smallest absolute Gasteiger partial charge is 0.262 e. The maximum Gasteiger partial charge on any atom is 0.262 e. The molecule has 0 spiro atoms. The number of amides is 1. The van der Waals surface area contributed by atoms with E-state index in [4.69, 9.17) is 9.94 Å². The second kappa shape index (κ2) is 10.3. The van der Waals surface area contributed by atoms with E-state index < -0.39 is 21.0 Å². The van der Waals surface area contributed by atoms with Gasteiger partial charge in [-0.05, 0) is 24.6 Å². The summed E-state index contributed by atoms with van der Waals surface area (Å²) in [7, 11) is -2.45. The zero-order valence-electron chi connectivity index (χ0n) is 14.3. The highest BCUT2D eigenvalue weighted by molar-refractivity contribution is 7.92. The lowest BCUT2D eigenvalue weighted by atomic mass is 10.1. The molecular formula is C17H27NO5S. The van der Waals surface area contributed by atoms with E-state index >= 15 is 0 Å². The van der Waals surface area contributed by atoms with Gasteiger partial charge in [-0.3, -0.25) is 10.0 Å². The van der Waals surface area contributed by atoms with Crippen LogP contribution >= 0.6 is 0 Å². The summed E-state index contributed by atoms with van der Waals surface area (Å²) in [5.74, 6) is -0.495. The minimum Gasteiger partial charge on any atom is -0.497 e. The van der Waals surface area contributed by atoms with Gasteiger partial charge in [0.25, 0.3) is 5.91 Å². The third kappa shape index (κ3) is 5.79. The Kier molecular flexibility index (Phi) is 8.78. The molecule has 0 saturated carbocycles. The topological polar surface area (TPSA) is 92.7 Å². The van der Waals surface area contributed by atoms with Crippen molar-refractivity contribution in [2.45, 2.75) is 62.0 Å². The molecule has 1 aromatic carbocycles. The van der Waals surface area contributed by atoms with Gasteiger partial charge in [-0.1, -0.05) is 51.5 Å². The number of sulfone groups is 1. The van der Waals surface area contributed by atoms with Crippen LogP contribution in [-0.4, -0.2) is 31.9 Å². The van der Waals surface area contributed by atoms with Gasteiger partial charge >= 0.3 is 0 Å². The molecule has 0 aliphatic rings.